The van der Waals surface area contributed by atoms with E-state index in [0.717, 1.165) is 29.5 Å². The van der Waals surface area contributed by atoms with E-state index in [1.165, 1.54) is 7.11 Å². The summed E-state index contributed by atoms with van der Waals surface area (Å²) in [7, 11) is 1.45. The minimum Gasteiger partial charge on any atom is -0.495 e. The maximum absolute atomic E-state index is 14.0. The minimum absolute atomic E-state index is 0.0785. The fourth-order valence-electron chi connectivity index (χ4n) is 6.01. The summed E-state index contributed by atoms with van der Waals surface area (Å²) in [4.78, 5) is 27.2. The molecule has 7 heteroatoms. The van der Waals surface area contributed by atoms with Crippen LogP contribution in [0.15, 0.2) is 48.5 Å². The van der Waals surface area contributed by atoms with Crippen LogP contribution in [0.3, 0.4) is 0 Å². The van der Waals surface area contributed by atoms with E-state index in [4.69, 9.17) is 18.9 Å². The molecule has 7 nitrogen and oxygen atoms in total. The number of rotatable bonds is 7. The molecule has 1 heterocycles. The summed E-state index contributed by atoms with van der Waals surface area (Å²) in [6.07, 6.45) is 2.98. The third kappa shape index (κ3) is 5.55. The van der Waals surface area contributed by atoms with Crippen LogP contribution in [-0.2, 0) is 21.6 Å². The van der Waals surface area contributed by atoms with Crippen LogP contribution in [0, 0.1) is 19.8 Å². The number of ether oxygens (including phenoxy) is 4. The summed E-state index contributed by atoms with van der Waals surface area (Å²) >= 11 is 0. The van der Waals surface area contributed by atoms with Crippen molar-refractivity contribution in [3.8, 4) is 23.0 Å². The van der Waals surface area contributed by atoms with Crippen molar-refractivity contribution in [1.29, 1.82) is 0 Å². The number of aryl methyl sites for hydroxylation is 2. The van der Waals surface area contributed by atoms with Crippen LogP contribution in [0.4, 0.5) is 0 Å². The number of esters is 2. The Morgan fingerprint density at radius 3 is 2.39 bits per heavy atom. The van der Waals surface area contributed by atoms with Crippen LogP contribution in [-0.4, -0.2) is 24.2 Å². The molecule has 3 aromatic rings. The van der Waals surface area contributed by atoms with Gasteiger partial charge in [-0.05, 0) is 74.4 Å². The molecule has 1 saturated carbocycles. The van der Waals surface area contributed by atoms with Gasteiger partial charge in [-0.1, -0.05) is 56.5 Å². The number of aliphatic hydroxyl groups is 1. The number of hydrogen-bond acceptors (Lipinski definition) is 7. The second-order valence-corrected chi connectivity index (χ2v) is 11.7. The Balaban J connectivity index is 1.55. The predicted octanol–water partition coefficient (Wildman–Crippen LogP) is 7.27. The molecule has 0 spiro atoms. The van der Waals surface area contributed by atoms with E-state index in [2.05, 4.69) is 0 Å². The van der Waals surface area contributed by atoms with Gasteiger partial charge in [-0.15, -0.1) is 0 Å². The Morgan fingerprint density at radius 1 is 1.02 bits per heavy atom. The average Bonchev–Trinajstić information content (AvgIpc) is 3.43. The molecule has 41 heavy (non-hydrogen) atoms. The van der Waals surface area contributed by atoms with Crippen LogP contribution < -0.4 is 14.2 Å². The topological polar surface area (TPSA) is 91.3 Å². The number of hydrogen-bond donors (Lipinski definition) is 1. The number of aliphatic hydroxyl groups excluding tert-OH is 1. The van der Waals surface area contributed by atoms with Crippen molar-refractivity contribution in [2.45, 2.75) is 77.9 Å². The maximum atomic E-state index is 14.0. The van der Waals surface area contributed by atoms with Crippen molar-refractivity contribution in [1.82, 2.24) is 0 Å². The number of methoxy groups -OCH3 is 1. The van der Waals surface area contributed by atoms with Crippen LogP contribution in [0.5, 0.6) is 23.0 Å². The molecule has 0 bridgehead atoms. The molecule has 5 rings (SSSR count). The molecule has 1 N–H and O–H groups in total. The summed E-state index contributed by atoms with van der Waals surface area (Å²) in [5.74, 6) is 0.282. The molecule has 2 aliphatic rings. The van der Waals surface area contributed by atoms with E-state index in [9.17, 15) is 14.7 Å². The van der Waals surface area contributed by atoms with Gasteiger partial charge >= 0.3 is 11.9 Å². The van der Waals surface area contributed by atoms with E-state index in [0.29, 0.717) is 36.1 Å². The molecule has 0 aromatic heterocycles. The summed E-state index contributed by atoms with van der Waals surface area (Å²) in [6.45, 7) is 7.86. The van der Waals surface area contributed by atoms with Gasteiger partial charge in [-0.25, -0.2) is 4.79 Å². The average molecular weight is 559 g/mol. The van der Waals surface area contributed by atoms with E-state index < -0.39 is 17.5 Å². The molecule has 1 aliphatic heterocycles. The van der Waals surface area contributed by atoms with Gasteiger partial charge in [0.05, 0.1) is 18.6 Å². The van der Waals surface area contributed by atoms with E-state index >= 15 is 0 Å². The van der Waals surface area contributed by atoms with Crippen molar-refractivity contribution in [2.24, 2.45) is 5.92 Å². The monoisotopic (exact) mass is 558 g/mol. The largest absolute Gasteiger partial charge is 0.495 e. The lowest BCUT2D eigenvalue weighted by molar-refractivity contribution is -0.141. The highest BCUT2D eigenvalue weighted by molar-refractivity contribution is 5.97. The molecule has 3 aromatic carbocycles. The van der Waals surface area contributed by atoms with E-state index in [-0.39, 0.29) is 41.3 Å². The summed E-state index contributed by atoms with van der Waals surface area (Å²) in [5, 5.41) is 10.9. The highest BCUT2D eigenvalue weighted by Crippen LogP contribution is 2.47. The second-order valence-electron chi connectivity index (χ2n) is 11.7. The Bertz CT molecular complexity index is 1450. The smallest absolute Gasteiger partial charge is 0.346 e. The van der Waals surface area contributed by atoms with Gasteiger partial charge in [0, 0.05) is 11.1 Å². The maximum Gasteiger partial charge on any atom is 0.346 e. The first-order chi connectivity index (χ1) is 19.6. The first-order valence-electron chi connectivity index (χ1n) is 14.3. The van der Waals surface area contributed by atoms with Crippen LogP contribution in [0.2, 0.25) is 0 Å². The number of carbonyl (C=O) groups excluding carboxylic acids is 2. The quantitative estimate of drug-likeness (QED) is 0.241. The van der Waals surface area contributed by atoms with Crippen LogP contribution >= 0.6 is 0 Å². The molecular weight excluding hydrogens is 520 g/mol. The molecule has 0 saturated heterocycles. The zero-order valence-electron chi connectivity index (χ0n) is 24.4. The van der Waals surface area contributed by atoms with Gasteiger partial charge in [0.25, 0.3) is 0 Å². The number of benzene rings is 3. The zero-order chi connectivity index (χ0) is 29.3. The molecule has 1 fully saturated rings. The third-order valence-electron chi connectivity index (χ3n) is 8.11. The van der Waals surface area contributed by atoms with Crippen LogP contribution in [0.25, 0.3) is 0 Å². The number of fused-ring (bicyclic) bond motifs is 2. The lowest BCUT2D eigenvalue weighted by atomic mass is 9.78. The van der Waals surface area contributed by atoms with Gasteiger partial charge in [0.15, 0.2) is 11.5 Å². The number of carbonyl (C=O) groups is 2. The SMILES string of the molecule is COc1c([C@@H](O)CC(C)C)ccc2c1C(=O)OCc1cc(C)cc(OC(=O)C3(c4ccc(C)cc4)CCCC3)c1O2. The first-order valence-corrected chi connectivity index (χ1v) is 14.3. The van der Waals surface area contributed by atoms with Crippen molar-refractivity contribution >= 4 is 11.9 Å². The van der Waals surface area contributed by atoms with E-state index in [1.807, 2.05) is 58.0 Å². The molecular formula is C34H38O7. The Labute approximate surface area is 241 Å². The second kappa shape index (κ2) is 11.6. The van der Waals surface area contributed by atoms with Crippen molar-refractivity contribution in [3.05, 3.63) is 81.9 Å². The third-order valence-corrected chi connectivity index (χ3v) is 8.11. The van der Waals surface area contributed by atoms with Crippen molar-refractivity contribution in [3.63, 3.8) is 0 Å². The Kier molecular flexibility index (Phi) is 8.09. The summed E-state index contributed by atoms with van der Waals surface area (Å²) in [5.41, 5.74) is 3.35. The lowest BCUT2D eigenvalue weighted by Crippen LogP contribution is -2.36. The van der Waals surface area contributed by atoms with Gasteiger partial charge < -0.3 is 24.1 Å². The molecule has 216 valence electrons. The highest BCUT2D eigenvalue weighted by atomic mass is 16.6. The molecule has 1 aliphatic carbocycles. The van der Waals surface area contributed by atoms with Gasteiger partial charge in [0.1, 0.15) is 23.7 Å². The van der Waals surface area contributed by atoms with Gasteiger partial charge in [-0.3, -0.25) is 4.79 Å². The normalized spacial score (nSPS) is 16.5. The summed E-state index contributed by atoms with van der Waals surface area (Å²) < 4.78 is 23.9. The lowest BCUT2D eigenvalue weighted by Gasteiger charge is -2.28. The first kappa shape index (κ1) is 28.7. The molecule has 0 radical (unpaired) electrons. The minimum atomic E-state index is -0.829. The fourth-order valence-corrected chi connectivity index (χ4v) is 6.01. The highest BCUT2D eigenvalue weighted by Gasteiger charge is 2.45. The van der Waals surface area contributed by atoms with Gasteiger partial charge in [-0.2, -0.15) is 0 Å². The molecule has 0 unspecified atom stereocenters. The van der Waals surface area contributed by atoms with Crippen LogP contribution in [0.1, 0.15) is 90.2 Å². The fraction of sp³-hybridized carbons (Fsp3) is 0.412. The standard InChI is InChI=1S/C34H38O7/c1-20(2)16-26(35)25-12-13-27-29(31(25)38-5)32(36)39-19-23-17-22(4)18-28(30(23)40-27)41-33(37)34(14-6-7-15-34)24-10-8-21(3)9-11-24/h8-13,17-18,20,26,35H,6-7,14-16,19H2,1-5H3/t26-/m0/s1. The van der Waals surface area contributed by atoms with Crippen molar-refractivity contribution in [2.75, 3.05) is 7.11 Å². The van der Waals surface area contributed by atoms with Crippen molar-refractivity contribution < 1.29 is 33.6 Å². The predicted molar refractivity (Wildman–Crippen MR) is 155 cm³/mol. The van der Waals surface area contributed by atoms with E-state index in [1.54, 1.807) is 18.2 Å². The molecule has 0 amide bonds. The van der Waals surface area contributed by atoms with Gasteiger partial charge in [0.2, 0.25) is 0 Å². The Morgan fingerprint density at radius 2 is 1.73 bits per heavy atom. The number of cyclic esters (lactones) is 1. The zero-order valence-corrected chi connectivity index (χ0v) is 24.4. The molecule has 1 atom stereocenters. The summed E-state index contributed by atoms with van der Waals surface area (Å²) in [6, 6.07) is 15.1. The Hall–Kier alpha value is -3.84.